The van der Waals surface area contributed by atoms with E-state index in [1.54, 1.807) is 6.07 Å². The van der Waals surface area contributed by atoms with Crippen LogP contribution in [0, 0.1) is 10.7 Å². The lowest BCUT2D eigenvalue weighted by Crippen LogP contribution is -2.43. The second kappa shape index (κ2) is 9.33. The van der Waals surface area contributed by atoms with Crippen LogP contribution in [-0.2, 0) is 16.5 Å². The topological polar surface area (TPSA) is 38.3 Å². The summed E-state index contributed by atoms with van der Waals surface area (Å²) in [5.41, 5.74) is -1.36. The number of hydrogen-bond donors (Lipinski definition) is 1. The Bertz CT molecular complexity index is 947. The molecule has 0 bridgehead atoms. The minimum absolute atomic E-state index is 0.305. The van der Waals surface area contributed by atoms with E-state index in [9.17, 15) is 18.0 Å². The molecule has 1 fully saturated rings. The predicted molar refractivity (Wildman–Crippen MR) is 130 cm³/mol. The summed E-state index contributed by atoms with van der Waals surface area (Å²) in [5.74, 6) is -0.545. The van der Waals surface area contributed by atoms with Crippen molar-refractivity contribution in [3.63, 3.8) is 0 Å². The molecule has 0 saturated carbocycles. The van der Waals surface area contributed by atoms with E-state index >= 15 is 0 Å². The Morgan fingerprint density at radius 1 is 1.10 bits per heavy atom. The molecule has 3 rings (SSSR count). The SMILES string of the molecule is O=C(OC1(c2ccc(Cl)c(C(F)(F)F)c2)CCNCC1)c1cc(I)cc(I)c1I. The van der Waals surface area contributed by atoms with Gasteiger partial charge in [-0.05, 0) is 111 Å². The highest BCUT2D eigenvalue weighted by Crippen LogP contribution is 2.41. The fraction of sp³-hybridized carbons (Fsp3) is 0.316. The minimum Gasteiger partial charge on any atom is -0.450 e. The van der Waals surface area contributed by atoms with Crippen LogP contribution in [0.2, 0.25) is 5.02 Å². The van der Waals surface area contributed by atoms with Crippen LogP contribution >= 0.6 is 79.4 Å². The van der Waals surface area contributed by atoms with Crippen molar-refractivity contribution in [1.29, 1.82) is 0 Å². The second-order valence-electron chi connectivity index (χ2n) is 6.58. The van der Waals surface area contributed by atoms with Crippen LogP contribution in [0.5, 0.6) is 0 Å². The number of piperidine rings is 1. The lowest BCUT2D eigenvalue weighted by atomic mass is 9.84. The number of esters is 1. The average Bonchev–Trinajstić information content (AvgIpc) is 2.64. The molecule has 1 saturated heterocycles. The first-order valence-corrected chi connectivity index (χ1v) is 12.1. The summed E-state index contributed by atoms with van der Waals surface area (Å²) in [5, 5.41) is 2.79. The lowest BCUT2D eigenvalue weighted by molar-refractivity contribution is -0.137. The van der Waals surface area contributed by atoms with Gasteiger partial charge in [-0.1, -0.05) is 17.7 Å². The summed E-state index contributed by atoms with van der Waals surface area (Å²) in [6.45, 7) is 1.05. The summed E-state index contributed by atoms with van der Waals surface area (Å²) in [7, 11) is 0. The van der Waals surface area contributed by atoms with E-state index < -0.39 is 23.3 Å². The standard InChI is InChI=1S/C19H14ClF3I3NO2/c20-14-2-1-10(7-13(14)19(21,22)23)18(3-5-27-6-4-18)29-17(28)12-8-11(24)9-15(25)16(12)26/h1-2,7-9,27H,3-6H2. The maximum Gasteiger partial charge on any atom is 0.417 e. The van der Waals surface area contributed by atoms with E-state index in [0.29, 0.717) is 37.1 Å². The quantitative estimate of drug-likeness (QED) is 0.218. The van der Waals surface area contributed by atoms with Crippen molar-refractivity contribution in [3.05, 3.63) is 62.8 Å². The molecule has 0 spiro atoms. The molecule has 29 heavy (non-hydrogen) atoms. The van der Waals surface area contributed by atoms with Crippen LogP contribution in [0.4, 0.5) is 13.2 Å². The smallest absolute Gasteiger partial charge is 0.417 e. The monoisotopic (exact) mass is 761 g/mol. The molecule has 156 valence electrons. The molecule has 1 heterocycles. The highest BCUT2D eigenvalue weighted by atomic mass is 127. The van der Waals surface area contributed by atoms with Crippen LogP contribution in [0.15, 0.2) is 30.3 Å². The van der Waals surface area contributed by atoms with E-state index in [-0.39, 0.29) is 5.02 Å². The number of carbonyl (C=O) groups excluding carboxylic acids is 1. The molecule has 0 atom stereocenters. The molecule has 0 aliphatic carbocycles. The van der Waals surface area contributed by atoms with Gasteiger partial charge in [0.2, 0.25) is 0 Å². The third kappa shape index (κ3) is 5.32. The third-order valence-corrected chi connectivity index (χ3v) is 8.71. The van der Waals surface area contributed by atoms with Gasteiger partial charge in [0.05, 0.1) is 16.1 Å². The molecule has 1 aliphatic rings. The number of hydrogen-bond acceptors (Lipinski definition) is 3. The number of alkyl halides is 3. The first-order chi connectivity index (χ1) is 13.5. The van der Waals surface area contributed by atoms with Crippen molar-refractivity contribution in [1.82, 2.24) is 5.32 Å². The van der Waals surface area contributed by atoms with Crippen molar-refractivity contribution in [2.45, 2.75) is 24.6 Å². The van der Waals surface area contributed by atoms with Crippen molar-refractivity contribution < 1.29 is 22.7 Å². The van der Waals surface area contributed by atoms with Crippen LogP contribution in [0.3, 0.4) is 0 Å². The fourth-order valence-corrected chi connectivity index (χ4v) is 5.84. The first-order valence-electron chi connectivity index (χ1n) is 8.49. The van der Waals surface area contributed by atoms with Crippen LogP contribution in [0.1, 0.15) is 34.3 Å². The zero-order valence-corrected chi connectivity index (χ0v) is 21.9. The van der Waals surface area contributed by atoms with Gasteiger partial charge in [0.25, 0.3) is 0 Å². The van der Waals surface area contributed by atoms with E-state index in [1.165, 1.54) is 12.1 Å². The Morgan fingerprint density at radius 2 is 1.76 bits per heavy atom. The molecule has 1 N–H and O–H groups in total. The van der Waals surface area contributed by atoms with Gasteiger partial charge in [0.15, 0.2) is 0 Å². The average molecular weight is 761 g/mol. The molecule has 0 aromatic heterocycles. The summed E-state index contributed by atoms with van der Waals surface area (Å²) in [6.07, 6.45) is -3.85. The molecule has 0 amide bonds. The number of carbonyl (C=O) groups is 1. The van der Waals surface area contributed by atoms with E-state index in [4.69, 9.17) is 16.3 Å². The van der Waals surface area contributed by atoms with Gasteiger partial charge in [-0.3, -0.25) is 0 Å². The first kappa shape index (κ1) is 23.8. The molecule has 0 unspecified atom stereocenters. The summed E-state index contributed by atoms with van der Waals surface area (Å²) in [6, 6.07) is 7.40. The Hall–Kier alpha value is 0.140. The molecular weight excluding hydrogens is 747 g/mol. The maximum atomic E-state index is 13.4. The van der Waals surface area contributed by atoms with Crippen molar-refractivity contribution in [2.75, 3.05) is 13.1 Å². The van der Waals surface area contributed by atoms with Crippen LogP contribution in [0.25, 0.3) is 0 Å². The van der Waals surface area contributed by atoms with Crippen molar-refractivity contribution >= 4 is 85.3 Å². The Kier molecular flexibility index (Phi) is 7.65. The fourth-order valence-electron chi connectivity index (χ4n) is 3.24. The van der Waals surface area contributed by atoms with Crippen LogP contribution in [-0.4, -0.2) is 19.1 Å². The molecule has 1 aliphatic heterocycles. The van der Waals surface area contributed by atoms with Gasteiger partial charge >= 0.3 is 12.1 Å². The number of ether oxygens (including phenoxy) is 1. The molecule has 3 nitrogen and oxygen atoms in total. The summed E-state index contributed by atoms with van der Waals surface area (Å²) in [4.78, 5) is 13.1. The molecule has 0 radical (unpaired) electrons. The van der Waals surface area contributed by atoms with Gasteiger partial charge in [0, 0.05) is 23.6 Å². The lowest BCUT2D eigenvalue weighted by Gasteiger charge is -2.38. The van der Waals surface area contributed by atoms with E-state index in [1.807, 2.05) is 6.07 Å². The normalized spacial score (nSPS) is 16.5. The Labute approximate surface area is 211 Å². The molecular formula is C19H14ClF3I3NO2. The highest BCUT2D eigenvalue weighted by Gasteiger charge is 2.41. The Balaban J connectivity index is 2.04. The van der Waals surface area contributed by atoms with Gasteiger partial charge < -0.3 is 10.1 Å². The van der Waals surface area contributed by atoms with E-state index in [2.05, 4.69) is 73.1 Å². The highest BCUT2D eigenvalue weighted by molar-refractivity contribution is 14.1. The number of benzene rings is 2. The zero-order chi connectivity index (χ0) is 21.4. The number of rotatable bonds is 3. The van der Waals surface area contributed by atoms with Crippen molar-refractivity contribution in [3.8, 4) is 0 Å². The maximum absolute atomic E-state index is 13.4. The summed E-state index contributed by atoms with van der Waals surface area (Å²) >= 11 is 12.1. The molecule has 2 aromatic carbocycles. The predicted octanol–water partition coefficient (Wildman–Crippen LogP) is 6.61. The number of halogens is 7. The van der Waals surface area contributed by atoms with Crippen molar-refractivity contribution in [2.24, 2.45) is 0 Å². The van der Waals surface area contributed by atoms with Crippen LogP contribution < -0.4 is 5.32 Å². The van der Waals surface area contributed by atoms with Gasteiger partial charge in [-0.2, -0.15) is 13.2 Å². The second-order valence-corrected chi connectivity index (χ2v) is 10.5. The third-order valence-electron chi connectivity index (χ3n) is 4.71. The summed E-state index contributed by atoms with van der Waals surface area (Å²) < 4.78 is 48.6. The van der Waals surface area contributed by atoms with Gasteiger partial charge in [0.1, 0.15) is 5.60 Å². The largest absolute Gasteiger partial charge is 0.450 e. The molecule has 2 aromatic rings. The molecule has 10 heteroatoms. The van der Waals surface area contributed by atoms with Gasteiger partial charge in [-0.25, -0.2) is 4.79 Å². The minimum atomic E-state index is -4.59. The van der Waals surface area contributed by atoms with Gasteiger partial charge in [-0.15, -0.1) is 0 Å². The Morgan fingerprint density at radius 3 is 2.38 bits per heavy atom. The van der Waals surface area contributed by atoms with E-state index in [0.717, 1.165) is 16.8 Å². The zero-order valence-electron chi connectivity index (χ0n) is 14.7. The number of nitrogens with one attached hydrogen (secondary N) is 1.